The summed E-state index contributed by atoms with van der Waals surface area (Å²) >= 11 is 0. The van der Waals surface area contributed by atoms with E-state index >= 15 is 0 Å². The minimum atomic E-state index is 0.308. The van der Waals surface area contributed by atoms with Crippen molar-refractivity contribution in [2.45, 2.75) is 71.6 Å². The molecule has 0 heterocycles. The smallest absolute Gasteiger partial charge is 0.155 e. The number of benzene rings is 1. The molecule has 2 atom stereocenters. The highest BCUT2D eigenvalue weighted by molar-refractivity contribution is 5.92. The third-order valence-corrected chi connectivity index (χ3v) is 7.18. The van der Waals surface area contributed by atoms with E-state index in [0.717, 1.165) is 25.9 Å². The Labute approximate surface area is 182 Å². The highest BCUT2D eigenvalue weighted by Crippen LogP contribution is 2.44. The van der Waals surface area contributed by atoms with Gasteiger partial charge in [0.2, 0.25) is 0 Å². The molecular formula is C28H37NO. The third kappa shape index (κ3) is 4.79. The van der Waals surface area contributed by atoms with Gasteiger partial charge in [0.25, 0.3) is 0 Å². The van der Waals surface area contributed by atoms with Crippen LogP contribution < -0.4 is 4.90 Å². The second kappa shape index (κ2) is 9.81. The fourth-order valence-electron chi connectivity index (χ4n) is 5.29. The van der Waals surface area contributed by atoms with Crippen molar-refractivity contribution < 1.29 is 4.79 Å². The highest BCUT2D eigenvalue weighted by atomic mass is 16.1. The molecule has 2 unspecified atom stereocenters. The first-order chi connectivity index (χ1) is 14.7. The summed E-state index contributed by atoms with van der Waals surface area (Å²) in [6, 6.07) is 9.28. The molecule has 0 aliphatic heterocycles. The van der Waals surface area contributed by atoms with Crippen LogP contribution in [0.2, 0.25) is 0 Å². The first-order valence-corrected chi connectivity index (χ1v) is 12.2. The van der Waals surface area contributed by atoms with Crippen molar-refractivity contribution in [2.24, 2.45) is 11.8 Å². The number of ketones is 1. The number of allylic oxidation sites excluding steroid dienone is 6. The summed E-state index contributed by atoms with van der Waals surface area (Å²) in [7, 11) is 0. The molecule has 0 amide bonds. The molecule has 0 aromatic heterocycles. The summed E-state index contributed by atoms with van der Waals surface area (Å²) in [4.78, 5) is 14.4. The van der Waals surface area contributed by atoms with Gasteiger partial charge in [-0.05, 0) is 90.9 Å². The van der Waals surface area contributed by atoms with E-state index in [1.807, 2.05) is 6.08 Å². The fourth-order valence-corrected chi connectivity index (χ4v) is 5.29. The Kier molecular flexibility index (Phi) is 6.92. The summed E-state index contributed by atoms with van der Waals surface area (Å²) in [6.07, 6.45) is 17.1. The van der Waals surface area contributed by atoms with Crippen LogP contribution in [0.1, 0.15) is 77.2 Å². The van der Waals surface area contributed by atoms with Gasteiger partial charge >= 0.3 is 0 Å². The van der Waals surface area contributed by atoms with E-state index in [9.17, 15) is 4.79 Å². The Bertz CT molecular complexity index is 834. The number of rotatable bonds is 8. The van der Waals surface area contributed by atoms with Gasteiger partial charge in [-0.25, -0.2) is 0 Å². The predicted molar refractivity (Wildman–Crippen MR) is 128 cm³/mol. The molecule has 2 nitrogen and oxygen atoms in total. The maximum atomic E-state index is 11.9. The zero-order valence-corrected chi connectivity index (χ0v) is 18.8. The van der Waals surface area contributed by atoms with E-state index in [1.165, 1.54) is 72.9 Å². The number of hydrogen-bond acceptors (Lipinski definition) is 2. The van der Waals surface area contributed by atoms with Gasteiger partial charge in [0.1, 0.15) is 0 Å². The molecule has 160 valence electrons. The van der Waals surface area contributed by atoms with Crippen LogP contribution >= 0.6 is 0 Å². The van der Waals surface area contributed by atoms with Gasteiger partial charge in [-0.3, -0.25) is 4.79 Å². The van der Waals surface area contributed by atoms with Crippen molar-refractivity contribution in [3.8, 4) is 0 Å². The number of nitrogens with zero attached hydrogens (tertiary/aromatic N) is 1. The minimum absolute atomic E-state index is 0.308. The number of anilines is 1. The zero-order chi connectivity index (χ0) is 20.9. The Morgan fingerprint density at radius 3 is 2.13 bits per heavy atom. The minimum Gasteiger partial charge on any atom is -0.372 e. The number of unbranched alkanes of at least 4 members (excludes halogenated alkanes) is 2. The Morgan fingerprint density at radius 1 is 0.833 bits per heavy atom. The lowest BCUT2D eigenvalue weighted by molar-refractivity contribution is -0.115. The van der Waals surface area contributed by atoms with Gasteiger partial charge in [0.15, 0.2) is 5.78 Å². The molecule has 3 aliphatic rings. The highest BCUT2D eigenvalue weighted by Gasteiger charge is 2.31. The topological polar surface area (TPSA) is 20.3 Å². The average molecular weight is 404 g/mol. The van der Waals surface area contributed by atoms with Crippen LogP contribution in [-0.4, -0.2) is 18.9 Å². The van der Waals surface area contributed by atoms with Gasteiger partial charge in [0, 0.05) is 25.2 Å². The van der Waals surface area contributed by atoms with Crippen LogP contribution in [0.3, 0.4) is 0 Å². The summed E-state index contributed by atoms with van der Waals surface area (Å²) in [6.45, 7) is 6.85. The summed E-state index contributed by atoms with van der Waals surface area (Å²) in [5, 5.41) is 0. The van der Waals surface area contributed by atoms with Crippen molar-refractivity contribution >= 4 is 17.0 Å². The van der Waals surface area contributed by atoms with Gasteiger partial charge in [-0.15, -0.1) is 0 Å². The Balaban J connectivity index is 1.52. The molecule has 0 N–H and O–H groups in total. The summed E-state index contributed by atoms with van der Waals surface area (Å²) in [5.74, 6) is 1.60. The van der Waals surface area contributed by atoms with Crippen molar-refractivity contribution in [2.75, 3.05) is 18.0 Å². The van der Waals surface area contributed by atoms with Crippen LogP contribution in [0, 0.1) is 11.8 Å². The quantitative estimate of drug-likeness (QED) is 0.460. The normalized spacial score (nSPS) is 23.1. The SMILES string of the molecule is CCCCN(CCCC)c1ccc(C2=CC3=CC4=CC(=O)CCC4CC3CC2)cc1. The van der Waals surface area contributed by atoms with Crippen LogP contribution in [-0.2, 0) is 4.79 Å². The summed E-state index contributed by atoms with van der Waals surface area (Å²) < 4.78 is 0. The molecule has 0 saturated carbocycles. The molecule has 0 fully saturated rings. The molecule has 2 heteroatoms. The van der Waals surface area contributed by atoms with E-state index < -0.39 is 0 Å². The predicted octanol–water partition coefficient (Wildman–Crippen LogP) is 7.12. The molecule has 0 bridgehead atoms. The maximum absolute atomic E-state index is 11.9. The van der Waals surface area contributed by atoms with Gasteiger partial charge in [0.05, 0.1) is 0 Å². The van der Waals surface area contributed by atoms with Crippen LogP contribution in [0.15, 0.2) is 53.6 Å². The average Bonchev–Trinajstić information content (AvgIpc) is 2.77. The Morgan fingerprint density at radius 2 is 1.47 bits per heavy atom. The number of hydrogen-bond donors (Lipinski definition) is 0. The number of fused-ring (bicyclic) bond motifs is 2. The largest absolute Gasteiger partial charge is 0.372 e. The van der Waals surface area contributed by atoms with Crippen molar-refractivity contribution in [1.29, 1.82) is 0 Å². The zero-order valence-electron chi connectivity index (χ0n) is 18.8. The summed E-state index contributed by atoms with van der Waals surface area (Å²) in [5.41, 5.74) is 6.91. The van der Waals surface area contributed by atoms with Crippen LogP contribution in [0.5, 0.6) is 0 Å². The second-order valence-electron chi connectivity index (χ2n) is 9.37. The third-order valence-electron chi connectivity index (χ3n) is 7.18. The molecule has 30 heavy (non-hydrogen) atoms. The van der Waals surface area contributed by atoms with E-state index in [4.69, 9.17) is 0 Å². The van der Waals surface area contributed by atoms with E-state index in [2.05, 4.69) is 55.2 Å². The lowest BCUT2D eigenvalue weighted by Crippen LogP contribution is -2.25. The molecule has 4 rings (SSSR count). The van der Waals surface area contributed by atoms with E-state index in [0.29, 0.717) is 17.6 Å². The Hall–Kier alpha value is -2.09. The molecule has 3 aliphatic carbocycles. The van der Waals surface area contributed by atoms with Gasteiger partial charge in [-0.2, -0.15) is 0 Å². The van der Waals surface area contributed by atoms with Crippen molar-refractivity contribution in [1.82, 2.24) is 0 Å². The van der Waals surface area contributed by atoms with Crippen molar-refractivity contribution in [3.05, 3.63) is 59.2 Å². The van der Waals surface area contributed by atoms with Gasteiger partial charge in [-0.1, -0.05) is 51.0 Å². The standard InChI is InChI=1S/C28H37NO/c1-3-5-15-29(16-6-4-2)27-12-9-21(10-13-27)22-7-8-23-17-24-11-14-28(30)20-26(24)19-25(23)18-22/h9-10,12-13,18-20,23-24H,3-8,11,14-17H2,1-2H3. The van der Waals surface area contributed by atoms with E-state index in [1.54, 1.807) is 0 Å². The lowest BCUT2D eigenvalue weighted by atomic mass is 9.69. The number of carbonyl (C=O) groups is 1. The fraction of sp³-hybridized carbons (Fsp3) is 0.536. The molecule has 0 saturated heterocycles. The van der Waals surface area contributed by atoms with Crippen LogP contribution in [0.4, 0.5) is 5.69 Å². The molecule has 0 spiro atoms. The first-order valence-electron chi connectivity index (χ1n) is 12.2. The van der Waals surface area contributed by atoms with E-state index in [-0.39, 0.29) is 0 Å². The number of carbonyl (C=O) groups excluding carboxylic acids is 1. The maximum Gasteiger partial charge on any atom is 0.155 e. The molecular weight excluding hydrogens is 366 g/mol. The first kappa shape index (κ1) is 21.2. The second-order valence-corrected chi connectivity index (χ2v) is 9.37. The molecule has 1 aromatic rings. The monoisotopic (exact) mass is 403 g/mol. The van der Waals surface area contributed by atoms with Gasteiger partial charge < -0.3 is 4.90 Å². The molecule has 1 aromatic carbocycles. The molecule has 0 radical (unpaired) electrons. The van der Waals surface area contributed by atoms with Crippen molar-refractivity contribution in [3.63, 3.8) is 0 Å². The van der Waals surface area contributed by atoms with Crippen LogP contribution in [0.25, 0.3) is 5.57 Å². The lowest BCUT2D eigenvalue weighted by Gasteiger charge is -2.35.